The third-order valence-corrected chi connectivity index (χ3v) is 7.16. The lowest BCUT2D eigenvalue weighted by atomic mass is 9.87. The van der Waals surface area contributed by atoms with E-state index in [4.69, 9.17) is 9.97 Å². The van der Waals surface area contributed by atoms with Crippen LogP contribution in [-0.2, 0) is 13.0 Å². The summed E-state index contributed by atoms with van der Waals surface area (Å²) in [5.41, 5.74) is 3.03. The molecule has 0 fully saturated rings. The number of thiophene rings is 1. The predicted molar refractivity (Wildman–Crippen MR) is 121 cm³/mol. The van der Waals surface area contributed by atoms with Crippen LogP contribution in [0.25, 0.3) is 15.9 Å². The van der Waals surface area contributed by atoms with Crippen LogP contribution < -0.4 is 0 Å². The number of amides is 1. The van der Waals surface area contributed by atoms with Gasteiger partial charge in [-0.2, -0.15) is 4.52 Å². The Morgan fingerprint density at radius 1 is 1.29 bits per heavy atom. The highest BCUT2D eigenvalue weighted by Gasteiger charge is 2.28. The van der Waals surface area contributed by atoms with Crippen LogP contribution in [0.1, 0.15) is 58.1 Å². The Kier molecular flexibility index (Phi) is 5.19. The van der Waals surface area contributed by atoms with Crippen molar-refractivity contribution in [2.24, 2.45) is 0 Å². The van der Waals surface area contributed by atoms with Gasteiger partial charge in [0.2, 0.25) is 5.82 Å². The molecule has 1 aliphatic rings. The monoisotopic (exact) mass is 435 g/mol. The Hall–Kier alpha value is -2.84. The second-order valence-electron chi connectivity index (χ2n) is 8.18. The molecule has 7 nitrogen and oxygen atoms in total. The number of carbonyl (C=O) groups is 1. The third-order valence-electron chi connectivity index (χ3n) is 6.00. The number of hydrogen-bond acceptors (Lipinski definition) is 6. The number of hydrogen-bond donors (Lipinski definition) is 1. The lowest BCUT2D eigenvalue weighted by Crippen LogP contribution is -2.33. The van der Waals surface area contributed by atoms with Crippen molar-refractivity contribution >= 4 is 33.1 Å². The van der Waals surface area contributed by atoms with Crippen molar-refractivity contribution in [2.45, 2.75) is 45.6 Å². The molecule has 0 saturated carbocycles. The van der Waals surface area contributed by atoms with E-state index < -0.39 is 0 Å². The SMILES string of the molecule is Cc1nc2sc3c(c2c2nc(C(=O)N(CCO)Cc4ccccc4)nn12)C(C)CCC3. The fourth-order valence-electron chi connectivity index (χ4n) is 4.50. The first-order valence-electron chi connectivity index (χ1n) is 10.7. The van der Waals surface area contributed by atoms with Gasteiger partial charge in [0, 0.05) is 18.0 Å². The van der Waals surface area contributed by atoms with Gasteiger partial charge >= 0.3 is 0 Å². The molecule has 4 aromatic rings. The molecule has 0 saturated heterocycles. The summed E-state index contributed by atoms with van der Waals surface area (Å²) in [5.74, 6) is 1.03. The summed E-state index contributed by atoms with van der Waals surface area (Å²) < 4.78 is 1.70. The van der Waals surface area contributed by atoms with Crippen molar-refractivity contribution in [2.75, 3.05) is 13.2 Å². The predicted octanol–water partition coefficient (Wildman–Crippen LogP) is 3.72. The van der Waals surface area contributed by atoms with Gasteiger partial charge in [-0.1, -0.05) is 37.3 Å². The molecule has 1 aromatic carbocycles. The van der Waals surface area contributed by atoms with Gasteiger partial charge in [0.1, 0.15) is 10.7 Å². The van der Waals surface area contributed by atoms with E-state index in [0.29, 0.717) is 18.1 Å². The van der Waals surface area contributed by atoms with E-state index in [-0.39, 0.29) is 24.9 Å². The summed E-state index contributed by atoms with van der Waals surface area (Å²) >= 11 is 1.75. The molecular weight excluding hydrogens is 410 g/mol. The van der Waals surface area contributed by atoms with Gasteiger partial charge in [-0.15, -0.1) is 16.4 Å². The number of aliphatic hydroxyl groups excluding tert-OH is 1. The van der Waals surface area contributed by atoms with E-state index in [1.54, 1.807) is 20.8 Å². The molecule has 3 aromatic heterocycles. The summed E-state index contributed by atoms with van der Waals surface area (Å²) in [7, 11) is 0. The maximum Gasteiger partial charge on any atom is 0.293 e. The molecule has 5 rings (SSSR count). The summed E-state index contributed by atoms with van der Waals surface area (Å²) in [6.45, 7) is 4.65. The fourth-order valence-corrected chi connectivity index (χ4v) is 5.87. The number of carbonyl (C=O) groups excluding carboxylic acids is 1. The van der Waals surface area contributed by atoms with E-state index in [1.807, 2.05) is 37.3 Å². The molecule has 1 amide bonds. The second kappa shape index (κ2) is 8.01. The second-order valence-corrected chi connectivity index (χ2v) is 9.26. The van der Waals surface area contributed by atoms with Crippen molar-refractivity contribution in [3.63, 3.8) is 0 Å². The van der Waals surface area contributed by atoms with Crippen LogP contribution in [0.3, 0.4) is 0 Å². The quantitative estimate of drug-likeness (QED) is 0.517. The minimum Gasteiger partial charge on any atom is -0.395 e. The molecule has 0 bridgehead atoms. The molecule has 0 radical (unpaired) electrons. The zero-order valence-corrected chi connectivity index (χ0v) is 18.5. The molecular formula is C23H25N5O2S. The van der Waals surface area contributed by atoms with Crippen molar-refractivity contribution < 1.29 is 9.90 Å². The van der Waals surface area contributed by atoms with Gasteiger partial charge in [-0.3, -0.25) is 4.79 Å². The average Bonchev–Trinajstić information content (AvgIpc) is 3.36. The summed E-state index contributed by atoms with van der Waals surface area (Å²) in [6.07, 6.45) is 3.43. The Bertz CT molecular complexity index is 1260. The maximum atomic E-state index is 13.3. The van der Waals surface area contributed by atoms with Crippen LogP contribution in [0.5, 0.6) is 0 Å². The van der Waals surface area contributed by atoms with Crippen LogP contribution in [0.2, 0.25) is 0 Å². The van der Waals surface area contributed by atoms with Crippen LogP contribution in [0.15, 0.2) is 30.3 Å². The molecule has 0 aliphatic heterocycles. The first kappa shape index (κ1) is 20.1. The zero-order chi connectivity index (χ0) is 21.5. The highest BCUT2D eigenvalue weighted by atomic mass is 32.1. The molecule has 1 N–H and O–H groups in total. The van der Waals surface area contributed by atoms with Crippen molar-refractivity contribution in [1.82, 2.24) is 24.5 Å². The van der Waals surface area contributed by atoms with Gasteiger partial charge in [0.05, 0.1) is 12.0 Å². The number of nitrogens with zero attached hydrogens (tertiary/aromatic N) is 5. The third kappa shape index (κ3) is 3.49. The minimum absolute atomic E-state index is 0.119. The molecule has 0 spiro atoms. The molecule has 160 valence electrons. The van der Waals surface area contributed by atoms with E-state index in [2.05, 4.69) is 12.0 Å². The van der Waals surface area contributed by atoms with Gasteiger partial charge in [0.25, 0.3) is 5.91 Å². The average molecular weight is 436 g/mol. The molecule has 1 unspecified atom stereocenters. The number of benzene rings is 1. The number of aromatic nitrogens is 4. The Morgan fingerprint density at radius 3 is 2.87 bits per heavy atom. The normalized spacial score (nSPS) is 16.0. The van der Waals surface area contributed by atoms with Gasteiger partial charge in [0.15, 0.2) is 5.65 Å². The van der Waals surface area contributed by atoms with Crippen LogP contribution in [0, 0.1) is 6.92 Å². The summed E-state index contributed by atoms with van der Waals surface area (Å²) in [4.78, 5) is 26.7. The fraction of sp³-hybridized carbons (Fsp3) is 0.391. The van der Waals surface area contributed by atoms with Crippen LogP contribution >= 0.6 is 11.3 Å². The van der Waals surface area contributed by atoms with Crippen molar-refractivity contribution in [3.8, 4) is 0 Å². The number of aliphatic hydroxyl groups is 1. The highest BCUT2D eigenvalue weighted by molar-refractivity contribution is 7.19. The van der Waals surface area contributed by atoms with Crippen molar-refractivity contribution in [3.05, 3.63) is 58.0 Å². The van der Waals surface area contributed by atoms with Gasteiger partial charge in [-0.25, -0.2) is 9.97 Å². The first-order chi connectivity index (χ1) is 15.1. The lowest BCUT2D eigenvalue weighted by Gasteiger charge is -2.20. The van der Waals surface area contributed by atoms with Gasteiger partial charge in [-0.05, 0) is 43.2 Å². The summed E-state index contributed by atoms with van der Waals surface area (Å²) in [5, 5.41) is 15.1. The Balaban J connectivity index is 1.60. The van der Waals surface area contributed by atoms with E-state index in [0.717, 1.165) is 34.4 Å². The zero-order valence-electron chi connectivity index (χ0n) is 17.7. The molecule has 3 heterocycles. The lowest BCUT2D eigenvalue weighted by molar-refractivity contribution is 0.0696. The van der Waals surface area contributed by atoms with Crippen LogP contribution in [-0.4, -0.2) is 48.6 Å². The number of fused-ring (bicyclic) bond motifs is 5. The largest absolute Gasteiger partial charge is 0.395 e. The van der Waals surface area contributed by atoms with E-state index in [9.17, 15) is 9.90 Å². The topological polar surface area (TPSA) is 83.6 Å². The molecule has 1 aliphatic carbocycles. The van der Waals surface area contributed by atoms with Crippen molar-refractivity contribution in [1.29, 1.82) is 0 Å². The number of rotatable bonds is 5. The van der Waals surface area contributed by atoms with Crippen LogP contribution in [0.4, 0.5) is 0 Å². The molecule has 1 atom stereocenters. The van der Waals surface area contributed by atoms with E-state index in [1.165, 1.54) is 16.9 Å². The summed E-state index contributed by atoms with van der Waals surface area (Å²) in [6, 6.07) is 9.74. The standard InChI is InChI=1S/C23H25N5O2S/c1-14-7-6-10-17-18(14)19-21-25-20(26-28(21)15(2)24-22(19)31-17)23(30)27(11-12-29)13-16-8-4-3-5-9-16/h3-5,8-9,14,29H,6-7,10-13H2,1-2H3. The van der Waals surface area contributed by atoms with Gasteiger partial charge < -0.3 is 10.0 Å². The highest BCUT2D eigenvalue weighted by Crippen LogP contribution is 2.42. The number of aryl methyl sites for hydroxylation is 2. The Labute approximate surface area is 184 Å². The van der Waals surface area contributed by atoms with E-state index >= 15 is 0 Å². The smallest absolute Gasteiger partial charge is 0.293 e. The first-order valence-corrected chi connectivity index (χ1v) is 11.5. The molecule has 31 heavy (non-hydrogen) atoms. The minimum atomic E-state index is -0.286. The Morgan fingerprint density at radius 2 is 2.10 bits per heavy atom. The maximum absolute atomic E-state index is 13.3. The molecule has 8 heteroatoms.